The van der Waals surface area contributed by atoms with Crippen molar-refractivity contribution in [1.82, 2.24) is 24.7 Å². The molecular formula is C11H15N5S. The van der Waals surface area contributed by atoms with Gasteiger partial charge < -0.3 is 0 Å². The minimum absolute atomic E-state index is 0.0544. The maximum Gasteiger partial charge on any atom is 0.186 e. The van der Waals surface area contributed by atoms with E-state index >= 15 is 0 Å². The predicted molar refractivity (Wildman–Crippen MR) is 66.6 cm³/mol. The molecule has 0 radical (unpaired) electrons. The van der Waals surface area contributed by atoms with E-state index in [0.717, 1.165) is 16.6 Å². The highest BCUT2D eigenvalue weighted by molar-refractivity contribution is 7.98. The van der Waals surface area contributed by atoms with Crippen molar-refractivity contribution in [3.8, 4) is 0 Å². The molecule has 5 nitrogen and oxygen atoms in total. The highest BCUT2D eigenvalue weighted by Crippen LogP contribution is 2.24. The minimum Gasteiger partial charge on any atom is -0.261 e. The molecule has 0 atom stereocenters. The van der Waals surface area contributed by atoms with Gasteiger partial charge in [-0.2, -0.15) is 5.10 Å². The van der Waals surface area contributed by atoms with Crippen LogP contribution >= 0.6 is 11.8 Å². The van der Waals surface area contributed by atoms with Crippen LogP contribution in [0, 0.1) is 0 Å². The van der Waals surface area contributed by atoms with E-state index < -0.39 is 0 Å². The summed E-state index contributed by atoms with van der Waals surface area (Å²) in [6.45, 7) is 6.32. The molecule has 0 aromatic carbocycles. The zero-order valence-electron chi connectivity index (χ0n) is 10.2. The molecule has 0 spiro atoms. The number of hydrogen-bond donors (Lipinski definition) is 0. The molecule has 0 bridgehead atoms. The van der Waals surface area contributed by atoms with Crippen molar-refractivity contribution in [3.05, 3.63) is 30.6 Å². The monoisotopic (exact) mass is 249 g/mol. The van der Waals surface area contributed by atoms with Gasteiger partial charge in [0.1, 0.15) is 6.33 Å². The predicted octanol–water partition coefficient (Wildman–Crippen LogP) is 2.12. The van der Waals surface area contributed by atoms with Gasteiger partial charge in [0.05, 0.1) is 11.2 Å². The molecule has 0 aliphatic carbocycles. The third kappa shape index (κ3) is 3.03. The fourth-order valence-corrected chi connectivity index (χ4v) is 2.32. The van der Waals surface area contributed by atoms with Gasteiger partial charge in [-0.3, -0.25) is 9.97 Å². The van der Waals surface area contributed by atoms with E-state index in [-0.39, 0.29) is 5.54 Å². The summed E-state index contributed by atoms with van der Waals surface area (Å²) in [7, 11) is 0. The SMILES string of the molecule is CC(C)(C)n1ncnc1SCc1cnccn1. The minimum atomic E-state index is -0.0544. The van der Waals surface area contributed by atoms with Crippen LogP contribution < -0.4 is 0 Å². The van der Waals surface area contributed by atoms with Crippen LogP contribution in [0.1, 0.15) is 26.5 Å². The number of rotatable bonds is 3. The fraction of sp³-hybridized carbons (Fsp3) is 0.455. The summed E-state index contributed by atoms with van der Waals surface area (Å²) in [5, 5.41) is 5.15. The van der Waals surface area contributed by atoms with E-state index in [2.05, 4.69) is 40.8 Å². The molecule has 0 aliphatic heterocycles. The largest absolute Gasteiger partial charge is 0.261 e. The molecule has 2 aromatic rings. The van der Waals surface area contributed by atoms with Gasteiger partial charge in [-0.1, -0.05) is 11.8 Å². The first-order chi connectivity index (χ1) is 8.07. The lowest BCUT2D eigenvalue weighted by molar-refractivity contribution is 0.326. The Morgan fingerprint density at radius 1 is 1.24 bits per heavy atom. The Morgan fingerprint density at radius 2 is 2.06 bits per heavy atom. The summed E-state index contributed by atoms with van der Waals surface area (Å²) in [5.74, 6) is 0.753. The van der Waals surface area contributed by atoms with Gasteiger partial charge in [0, 0.05) is 24.3 Å². The van der Waals surface area contributed by atoms with Crippen LogP contribution in [-0.2, 0) is 11.3 Å². The second-order valence-electron chi connectivity index (χ2n) is 4.61. The summed E-state index contributed by atoms with van der Waals surface area (Å²) < 4.78 is 1.92. The van der Waals surface area contributed by atoms with E-state index in [1.54, 1.807) is 36.7 Å². The Balaban J connectivity index is 2.08. The molecule has 0 saturated carbocycles. The van der Waals surface area contributed by atoms with Gasteiger partial charge >= 0.3 is 0 Å². The quantitative estimate of drug-likeness (QED) is 0.780. The molecule has 0 fully saturated rings. The Morgan fingerprint density at radius 3 is 2.71 bits per heavy atom. The standard InChI is InChI=1S/C11H15N5S/c1-11(2,3)16-10(14-8-15-16)17-7-9-6-12-4-5-13-9/h4-6,8H,7H2,1-3H3. The molecule has 2 heterocycles. The molecule has 90 valence electrons. The van der Waals surface area contributed by atoms with Crippen molar-refractivity contribution in [2.45, 2.75) is 37.2 Å². The molecule has 2 rings (SSSR count). The van der Waals surface area contributed by atoms with Crippen molar-refractivity contribution in [2.75, 3.05) is 0 Å². The van der Waals surface area contributed by atoms with Crippen molar-refractivity contribution in [1.29, 1.82) is 0 Å². The molecule has 0 aliphatic rings. The Labute approximate surface area is 105 Å². The van der Waals surface area contributed by atoms with Crippen LogP contribution in [0.2, 0.25) is 0 Å². The average molecular weight is 249 g/mol. The van der Waals surface area contributed by atoms with Crippen LogP contribution in [-0.4, -0.2) is 24.7 Å². The van der Waals surface area contributed by atoms with Gasteiger partial charge in [-0.05, 0) is 20.8 Å². The number of hydrogen-bond acceptors (Lipinski definition) is 5. The zero-order chi connectivity index (χ0) is 12.3. The van der Waals surface area contributed by atoms with E-state index in [4.69, 9.17) is 0 Å². The maximum absolute atomic E-state index is 4.26. The molecule has 0 amide bonds. The lowest BCUT2D eigenvalue weighted by Crippen LogP contribution is -2.24. The van der Waals surface area contributed by atoms with Gasteiger partial charge in [0.25, 0.3) is 0 Å². The fourth-order valence-electron chi connectivity index (χ4n) is 1.33. The van der Waals surface area contributed by atoms with Crippen molar-refractivity contribution >= 4 is 11.8 Å². The van der Waals surface area contributed by atoms with Crippen molar-refractivity contribution in [2.24, 2.45) is 0 Å². The topological polar surface area (TPSA) is 56.5 Å². The highest BCUT2D eigenvalue weighted by Gasteiger charge is 2.18. The molecule has 2 aromatic heterocycles. The summed E-state index contributed by atoms with van der Waals surface area (Å²) >= 11 is 1.62. The lowest BCUT2D eigenvalue weighted by Gasteiger charge is -2.20. The van der Waals surface area contributed by atoms with E-state index in [1.807, 2.05) is 4.68 Å². The van der Waals surface area contributed by atoms with Crippen molar-refractivity contribution in [3.63, 3.8) is 0 Å². The number of aromatic nitrogens is 5. The summed E-state index contributed by atoms with van der Waals surface area (Å²) in [6.07, 6.45) is 6.73. The van der Waals surface area contributed by atoms with Crippen LogP contribution in [0.25, 0.3) is 0 Å². The Bertz CT molecular complexity index is 474. The molecule has 0 N–H and O–H groups in total. The Hall–Kier alpha value is -1.43. The average Bonchev–Trinajstić information content (AvgIpc) is 2.75. The zero-order valence-corrected chi connectivity index (χ0v) is 11.0. The normalized spacial score (nSPS) is 11.7. The first kappa shape index (κ1) is 12.0. The van der Waals surface area contributed by atoms with Gasteiger partial charge in [-0.15, -0.1) is 0 Å². The first-order valence-corrected chi connectivity index (χ1v) is 6.34. The lowest BCUT2D eigenvalue weighted by atomic mass is 10.1. The van der Waals surface area contributed by atoms with E-state index in [0.29, 0.717) is 0 Å². The van der Waals surface area contributed by atoms with E-state index in [1.165, 1.54) is 0 Å². The second kappa shape index (κ2) is 4.83. The number of thioether (sulfide) groups is 1. The molecule has 0 unspecified atom stereocenters. The third-order valence-electron chi connectivity index (χ3n) is 2.12. The maximum atomic E-state index is 4.26. The molecule has 0 saturated heterocycles. The molecule has 17 heavy (non-hydrogen) atoms. The van der Waals surface area contributed by atoms with Crippen LogP contribution in [0.3, 0.4) is 0 Å². The Kier molecular flexibility index (Phi) is 3.42. The number of nitrogens with zero attached hydrogens (tertiary/aromatic N) is 5. The highest BCUT2D eigenvalue weighted by atomic mass is 32.2. The first-order valence-electron chi connectivity index (χ1n) is 5.35. The molecule has 6 heteroatoms. The molecular weight excluding hydrogens is 234 g/mol. The van der Waals surface area contributed by atoms with E-state index in [9.17, 15) is 0 Å². The van der Waals surface area contributed by atoms with Crippen LogP contribution in [0.4, 0.5) is 0 Å². The van der Waals surface area contributed by atoms with Crippen LogP contribution in [0.5, 0.6) is 0 Å². The van der Waals surface area contributed by atoms with Gasteiger partial charge in [0.2, 0.25) is 0 Å². The smallest absolute Gasteiger partial charge is 0.186 e. The summed E-state index contributed by atoms with van der Waals surface area (Å²) in [5.41, 5.74) is 0.891. The summed E-state index contributed by atoms with van der Waals surface area (Å²) in [4.78, 5) is 12.5. The van der Waals surface area contributed by atoms with Gasteiger partial charge in [0.15, 0.2) is 5.16 Å². The van der Waals surface area contributed by atoms with Crippen molar-refractivity contribution < 1.29 is 0 Å². The van der Waals surface area contributed by atoms with Gasteiger partial charge in [-0.25, -0.2) is 9.67 Å². The van der Waals surface area contributed by atoms with Crippen LogP contribution in [0.15, 0.2) is 30.1 Å². The summed E-state index contributed by atoms with van der Waals surface area (Å²) in [6, 6.07) is 0. The third-order valence-corrected chi connectivity index (χ3v) is 3.09. The second-order valence-corrected chi connectivity index (χ2v) is 5.55.